The second kappa shape index (κ2) is 9.87. The largest absolute Gasteiger partial charge is 0.355 e. The Morgan fingerprint density at radius 2 is 2.00 bits per heavy atom. The third-order valence-electron chi connectivity index (χ3n) is 4.00. The van der Waals surface area contributed by atoms with Crippen LogP contribution in [0.2, 0.25) is 0 Å². The van der Waals surface area contributed by atoms with Crippen LogP contribution in [0.25, 0.3) is 11.4 Å². The van der Waals surface area contributed by atoms with Gasteiger partial charge in [0.05, 0.1) is 12.3 Å². The monoisotopic (exact) mass is 381 g/mol. The standard InChI is InChI=1S/C20H23N5OS/c1-2-3-12-22-18(26)15-27-20-24-23-19(17-10-7-11-21-13-17)25(20)14-16-8-5-4-6-9-16/h4-11,13H,2-3,12,14-15H2,1H3,(H,22,26). The number of hydrogen-bond acceptors (Lipinski definition) is 5. The van der Waals surface area contributed by atoms with Crippen molar-refractivity contribution in [2.24, 2.45) is 0 Å². The summed E-state index contributed by atoms with van der Waals surface area (Å²) < 4.78 is 2.04. The Morgan fingerprint density at radius 1 is 1.15 bits per heavy atom. The summed E-state index contributed by atoms with van der Waals surface area (Å²) in [6.07, 6.45) is 5.56. The Kier molecular flexibility index (Phi) is 6.98. The van der Waals surface area contributed by atoms with Gasteiger partial charge >= 0.3 is 0 Å². The normalized spacial score (nSPS) is 10.7. The highest BCUT2D eigenvalue weighted by molar-refractivity contribution is 7.99. The Labute approximate surface area is 163 Å². The van der Waals surface area contributed by atoms with Crippen molar-refractivity contribution < 1.29 is 4.79 Å². The Morgan fingerprint density at radius 3 is 2.74 bits per heavy atom. The number of aromatic nitrogens is 4. The van der Waals surface area contributed by atoms with Gasteiger partial charge in [-0.1, -0.05) is 55.4 Å². The van der Waals surface area contributed by atoms with Gasteiger partial charge in [-0.3, -0.25) is 14.3 Å². The zero-order chi connectivity index (χ0) is 18.9. The minimum atomic E-state index is 0.0191. The molecule has 0 saturated carbocycles. The minimum Gasteiger partial charge on any atom is -0.355 e. The van der Waals surface area contributed by atoms with Crippen LogP contribution < -0.4 is 5.32 Å². The number of amides is 1. The molecule has 0 saturated heterocycles. The number of rotatable bonds is 9. The van der Waals surface area contributed by atoms with E-state index in [4.69, 9.17) is 0 Å². The molecule has 2 aromatic heterocycles. The van der Waals surface area contributed by atoms with E-state index in [1.165, 1.54) is 11.8 Å². The van der Waals surface area contributed by atoms with Gasteiger partial charge in [0.1, 0.15) is 0 Å². The molecule has 0 radical (unpaired) electrons. The third kappa shape index (κ3) is 5.40. The van der Waals surface area contributed by atoms with Gasteiger partial charge in [-0.05, 0) is 24.1 Å². The van der Waals surface area contributed by atoms with E-state index >= 15 is 0 Å². The molecule has 0 aliphatic carbocycles. The van der Waals surface area contributed by atoms with Crippen LogP contribution in [0.15, 0.2) is 60.0 Å². The van der Waals surface area contributed by atoms with Crippen LogP contribution in [-0.2, 0) is 11.3 Å². The molecule has 0 fully saturated rings. The summed E-state index contributed by atoms with van der Waals surface area (Å²) in [6.45, 7) is 3.46. The fourth-order valence-electron chi connectivity index (χ4n) is 2.60. The lowest BCUT2D eigenvalue weighted by atomic mass is 10.2. The topological polar surface area (TPSA) is 72.7 Å². The van der Waals surface area contributed by atoms with Crippen LogP contribution in [-0.4, -0.2) is 38.0 Å². The van der Waals surface area contributed by atoms with Gasteiger partial charge < -0.3 is 5.32 Å². The average molecular weight is 382 g/mol. The van der Waals surface area contributed by atoms with Crippen LogP contribution in [0.3, 0.4) is 0 Å². The Bertz CT molecular complexity index is 851. The molecule has 3 aromatic rings. The molecular formula is C20H23N5OS. The first-order chi connectivity index (χ1) is 13.3. The van der Waals surface area contributed by atoms with Crippen molar-refractivity contribution in [3.8, 4) is 11.4 Å². The summed E-state index contributed by atoms with van der Waals surface area (Å²) in [5.74, 6) is 1.09. The lowest BCUT2D eigenvalue weighted by Gasteiger charge is -2.10. The van der Waals surface area contributed by atoms with Crippen molar-refractivity contribution in [3.63, 3.8) is 0 Å². The zero-order valence-corrected chi connectivity index (χ0v) is 16.2. The highest BCUT2D eigenvalue weighted by atomic mass is 32.2. The number of unbranched alkanes of at least 4 members (excludes halogenated alkanes) is 1. The van der Waals surface area contributed by atoms with Gasteiger partial charge in [-0.25, -0.2) is 0 Å². The van der Waals surface area contributed by atoms with Crippen molar-refractivity contribution >= 4 is 17.7 Å². The zero-order valence-electron chi connectivity index (χ0n) is 15.3. The molecule has 6 nitrogen and oxygen atoms in total. The van der Waals surface area contributed by atoms with Crippen molar-refractivity contribution in [2.75, 3.05) is 12.3 Å². The third-order valence-corrected chi connectivity index (χ3v) is 4.97. The molecule has 1 N–H and O–H groups in total. The first-order valence-electron chi connectivity index (χ1n) is 9.05. The van der Waals surface area contributed by atoms with E-state index in [1.54, 1.807) is 12.4 Å². The van der Waals surface area contributed by atoms with Gasteiger partial charge in [0, 0.05) is 24.5 Å². The summed E-state index contributed by atoms with van der Waals surface area (Å²) in [6, 6.07) is 14.0. The summed E-state index contributed by atoms with van der Waals surface area (Å²) in [4.78, 5) is 16.2. The minimum absolute atomic E-state index is 0.0191. The quantitative estimate of drug-likeness (QED) is 0.454. The number of hydrogen-bond donors (Lipinski definition) is 1. The second-order valence-corrected chi connectivity index (χ2v) is 7.05. The summed E-state index contributed by atoms with van der Waals surface area (Å²) in [7, 11) is 0. The summed E-state index contributed by atoms with van der Waals surface area (Å²) in [5, 5.41) is 12.3. The molecule has 0 spiro atoms. The van der Waals surface area contributed by atoms with Crippen LogP contribution in [0.4, 0.5) is 0 Å². The lowest BCUT2D eigenvalue weighted by molar-refractivity contribution is -0.118. The Hall–Kier alpha value is -2.67. The molecule has 0 atom stereocenters. The molecule has 140 valence electrons. The number of carbonyl (C=O) groups is 1. The molecule has 0 aliphatic rings. The maximum Gasteiger partial charge on any atom is 0.230 e. The molecule has 1 aromatic carbocycles. The van der Waals surface area contributed by atoms with E-state index in [1.807, 2.05) is 34.9 Å². The average Bonchev–Trinajstić information content (AvgIpc) is 3.10. The number of carbonyl (C=O) groups excluding carboxylic acids is 1. The van der Waals surface area contributed by atoms with Gasteiger partial charge in [0.2, 0.25) is 5.91 Å². The van der Waals surface area contributed by atoms with Crippen molar-refractivity contribution in [2.45, 2.75) is 31.5 Å². The van der Waals surface area contributed by atoms with Crippen LogP contribution in [0, 0.1) is 0 Å². The van der Waals surface area contributed by atoms with Gasteiger partial charge in [-0.2, -0.15) is 0 Å². The first-order valence-corrected chi connectivity index (χ1v) is 10.0. The highest BCUT2D eigenvalue weighted by Gasteiger charge is 2.16. The van der Waals surface area contributed by atoms with Crippen LogP contribution in [0.5, 0.6) is 0 Å². The van der Waals surface area contributed by atoms with Crippen LogP contribution in [0.1, 0.15) is 25.3 Å². The smallest absolute Gasteiger partial charge is 0.230 e. The predicted molar refractivity (Wildman–Crippen MR) is 107 cm³/mol. The molecule has 27 heavy (non-hydrogen) atoms. The van der Waals surface area contributed by atoms with Crippen molar-refractivity contribution in [1.82, 2.24) is 25.1 Å². The number of benzene rings is 1. The maximum atomic E-state index is 12.0. The fraction of sp³-hybridized carbons (Fsp3) is 0.300. The Balaban J connectivity index is 1.79. The number of nitrogens with zero attached hydrogens (tertiary/aromatic N) is 4. The molecule has 0 aliphatic heterocycles. The summed E-state index contributed by atoms with van der Waals surface area (Å²) >= 11 is 1.40. The van der Waals surface area contributed by atoms with E-state index in [0.29, 0.717) is 18.8 Å². The molecular weight excluding hydrogens is 358 g/mol. The lowest BCUT2D eigenvalue weighted by Crippen LogP contribution is -2.26. The van der Waals surface area contributed by atoms with E-state index in [0.717, 1.165) is 34.9 Å². The van der Waals surface area contributed by atoms with Gasteiger partial charge in [0.25, 0.3) is 0 Å². The molecule has 0 bridgehead atoms. The van der Waals surface area contributed by atoms with Crippen molar-refractivity contribution in [3.05, 3.63) is 60.4 Å². The van der Waals surface area contributed by atoms with Gasteiger partial charge in [-0.15, -0.1) is 10.2 Å². The molecule has 1 amide bonds. The fourth-order valence-corrected chi connectivity index (χ4v) is 3.37. The van der Waals surface area contributed by atoms with Gasteiger partial charge in [0.15, 0.2) is 11.0 Å². The van der Waals surface area contributed by atoms with E-state index in [2.05, 4.69) is 39.6 Å². The maximum absolute atomic E-state index is 12.0. The number of nitrogens with one attached hydrogen (secondary N) is 1. The van der Waals surface area contributed by atoms with E-state index in [9.17, 15) is 4.79 Å². The molecule has 7 heteroatoms. The number of thioether (sulfide) groups is 1. The second-order valence-electron chi connectivity index (χ2n) is 6.11. The number of pyridine rings is 1. The van der Waals surface area contributed by atoms with E-state index < -0.39 is 0 Å². The first kappa shape index (κ1) is 19.1. The van der Waals surface area contributed by atoms with Crippen molar-refractivity contribution in [1.29, 1.82) is 0 Å². The molecule has 3 rings (SSSR count). The SMILES string of the molecule is CCCCNC(=O)CSc1nnc(-c2cccnc2)n1Cc1ccccc1. The predicted octanol–water partition coefficient (Wildman–Crippen LogP) is 3.40. The molecule has 0 unspecified atom stereocenters. The van der Waals surface area contributed by atoms with E-state index in [-0.39, 0.29) is 5.91 Å². The molecule has 2 heterocycles. The summed E-state index contributed by atoms with van der Waals surface area (Å²) in [5.41, 5.74) is 2.05. The highest BCUT2D eigenvalue weighted by Crippen LogP contribution is 2.24. The van der Waals surface area contributed by atoms with Crippen LogP contribution >= 0.6 is 11.8 Å².